The molecule has 6 heteroatoms. The van der Waals surface area contributed by atoms with Gasteiger partial charge < -0.3 is 5.32 Å². The van der Waals surface area contributed by atoms with Crippen LogP contribution in [0.4, 0.5) is 5.82 Å². The third kappa shape index (κ3) is 2.76. The van der Waals surface area contributed by atoms with Crippen molar-refractivity contribution in [2.45, 2.75) is 30.7 Å². The molecule has 2 rings (SSSR count). The average Bonchev–Trinajstić information content (AvgIpc) is 2.27. The molecule has 0 unspecified atom stereocenters. The zero-order valence-electron chi connectivity index (χ0n) is 9.97. The molecule has 0 radical (unpaired) electrons. The highest BCUT2D eigenvalue weighted by atomic mass is 32.2. The number of nitrogens with zero attached hydrogens (tertiary/aromatic N) is 1. The minimum atomic E-state index is -3.41. The second-order valence-corrected chi connectivity index (χ2v) is 6.24. The number of pyridine rings is 1. The van der Waals surface area contributed by atoms with Gasteiger partial charge in [0.15, 0.2) is 0 Å². The molecule has 1 aromatic rings. The summed E-state index contributed by atoms with van der Waals surface area (Å²) in [6, 6.07) is 3.12. The molecule has 5 nitrogen and oxygen atoms in total. The first-order chi connectivity index (χ1) is 8.01. The fraction of sp³-hybridized carbons (Fsp3) is 0.545. The van der Waals surface area contributed by atoms with E-state index in [9.17, 15) is 8.42 Å². The van der Waals surface area contributed by atoms with Gasteiger partial charge in [0, 0.05) is 25.4 Å². The van der Waals surface area contributed by atoms with Crippen LogP contribution in [0, 0.1) is 5.92 Å². The Morgan fingerprint density at radius 3 is 2.71 bits per heavy atom. The van der Waals surface area contributed by atoms with Crippen molar-refractivity contribution in [2.75, 3.05) is 12.4 Å². The van der Waals surface area contributed by atoms with Crippen LogP contribution in [0.15, 0.2) is 23.2 Å². The Balaban J connectivity index is 2.13. The van der Waals surface area contributed by atoms with Crippen molar-refractivity contribution >= 4 is 15.8 Å². The molecule has 1 heterocycles. The molecule has 1 aliphatic carbocycles. The zero-order chi connectivity index (χ0) is 12.5. The molecule has 0 aromatic carbocycles. The van der Waals surface area contributed by atoms with Gasteiger partial charge in [-0.25, -0.2) is 18.1 Å². The molecule has 1 aromatic heterocycles. The fourth-order valence-electron chi connectivity index (χ4n) is 2.00. The molecular formula is C11H17N3O2S. The molecule has 0 saturated heterocycles. The summed E-state index contributed by atoms with van der Waals surface area (Å²) in [6.45, 7) is 2.12. The summed E-state index contributed by atoms with van der Waals surface area (Å²) in [5, 5.41) is 2.82. The van der Waals surface area contributed by atoms with Crippen molar-refractivity contribution in [2.24, 2.45) is 5.92 Å². The maximum atomic E-state index is 12.0. The molecule has 2 N–H and O–H groups in total. The molecule has 1 fully saturated rings. The minimum absolute atomic E-state index is 0.0844. The Morgan fingerprint density at radius 1 is 1.41 bits per heavy atom. The van der Waals surface area contributed by atoms with E-state index in [0.29, 0.717) is 11.7 Å². The summed E-state index contributed by atoms with van der Waals surface area (Å²) < 4.78 is 26.8. The highest BCUT2D eigenvalue weighted by Gasteiger charge is 2.29. The topological polar surface area (TPSA) is 71.1 Å². The second kappa shape index (κ2) is 4.62. The van der Waals surface area contributed by atoms with Gasteiger partial charge in [-0.05, 0) is 24.8 Å². The van der Waals surface area contributed by atoms with Crippen LogP contribution in [0.3, 0.4) is 0 Å². The van der Waals surface area contributed by atoms with Gasteiger partial charge in [0.25, 0.3) is 0 Å². The van der Waals surface area contributed by atoms with E-state index in [1.165, 1.54) is 18.3 Å². The predicted octanol–water partition coefficient (Wildman–Crippen LogP) is 1.20. The van der Waals surface area contributed by atoms with Crippen molar-refractivity contribution in [1.29, 1.82) is 0 Å². The number of nitrogens with one attached hydrogen (secondary N) is 2. The first-order valence-electron chi connectivity index (χ1n) is 5.67. The second-order valence-electron chi connectivity index (χ2n) is 4.52. The first kappa shape index (κ1) is 12.3. The van der Waals surface area contributed by atoms with Crippen molar-refractivity contribution < 1.29 is 8.42 Å². The summed E-state index contributed by atoms with van der Waals surface area (Å²) in [7, 11) is -1.70. The van der Waals surface area contributed by atoms with Crippen LogP contribution in [0.25, 0.3) is 0 Å². The average molecular weight is 255 g/mol. The van der Waals surface area contributed by atoms with Gasteiger partial charge in [0.1, 0.15) is 5.82 Å². The number of anilines is 1. The van der Waals surface area contributed by atoms with E-state index in [4.69, 9.17) is 0 Å². The van der Waals surface area contributed by atoms with E-state index in [2.05, 4.69) is 21.9 Å². The van der Waals surface area contributed by atoms with Gasteiger partial charge in [0.05, 0.1) is 4.90 Å². The Morgan fingerprint density at radius 2 is 2.12 bits per heavy atom. The maximum absolute atomic E-state index is 12.0. The molecule has 17 heavy (non-hydrogen) atoms. The van der Waals surface area contributed by atoms with E-state index >= 15 is 0 Å². The molecule has 0 aliphatic heterocycles. The number of aromatic nitrogens is 1. The van der Waals surface area contributed by atoms with E-state index in [1.807, 2.05) is 0 Å². The fourth-order valence-corrected chi connectivity index (χ4v) is 3.28. The SMILES string of the molecule is CNc1cc(S(=O)(=O)NC2CC(C)C2)ccn1. The van der Waals surface area contributed by atoms with Gasteiger partial charge in [-0.2, -0.15) is 0 Å². The Bertz CT molecular complexity index is 495. The van der Waals surface area contributed by atoms with Gasteiger partial charge in [-0.1, -0.05) is 6.92 Å². The number of hydrogen-bond acceptors (Lipinski definition) is 4. The molecule has 0 spiro atoms. The van der Waals surface area contributed by atoms with E-state index in [1.54, 1.807) is 7.05 Å². The number of rotatable bonds is 4. The van der Waals surface area contributed by atoms with Crippen LogP contribution in [-0.4, -0.2) is 26.5 Å². The zero-order valence-corrected chi connectivity index (χ0v) is 10.8. The Labute approximate surface area is 102 Å². The van der Waals surface area contributed by atoms with E-state index in [-0.39, 0.29) is 10.9 Å². The van der Waals surface area contributed by atoms with Crippen molar-refractivity contribution in [1.82, 2.24) is 9.71 Å². The van der Waals surface area contributed by atoms with E-state index < -0.39 is 10.0 Å². The summed E-state index contributed by atoms with van der Waals surface area (Å²) in [6.07, 6.45) is 3.33. The van der Waals surface area contributed by atoms with Crippen LogP contribution in [0.2, 0.25) is 0 Å². The Kier molecular flexibility index (Phi) is 3.35. The lowest BCUT2D eigenvalue weighted by atomic mass is 9.83. The highest BCUT2D eigenvalue weighted by molar-refractivity contribution is 7.89. The number of sulfonamides is 1. The van der Waals surface area contributed by atoms with Crippen LogP contribution in [-0.2, 0) is 10.0 Å². The lowest BCUT2D eigenvalue weighted by Gasteiger charge is -2.32. The van der Waals surface area contributed by atoms with Crippen molar-refractivity contribution in [3.8, 4) is 0 Å². The molecule has 0 bridgehead atoms. The number of hydrogen-bond donors (Lipinski definition) is 2. The summed E-state index contributed by atoms with van der Waals surface area (Å²) in [5.41, 5.74) is 0. The summed E-state index contributed by atoms with van der Waals surface area (Å²) in [4.78, 5) is 4.25. The quantitative estimate of drug-likeness (QED) is 0.848. The van der Waals surface area contributed by atoms with Crippen molar-refractivity contribution in [3.05, 3.63) is 18.3 Å². The largest absolute Gasteiger partial charge is 0.373 e. The van der Waals surface area contributed by atoms with E-state index in [0.717, 1.165) is 12.8 Å². The van der Waals surface area contributed by atoms with Gasteiger partial charge in [-0.15, -0.1) is 0 Å². The molecule has 1 saturated carbocycles. The van der Waals surface area contributed by atoms with Gasteiger partial charge in [0.2, 0.25) is 10.0 Å². The third-order valence-electron chi connectivity index (χ3n) is 2.99. The van der Waals surface area contributed by atoms with Crippen LogP contribution in [0.5, 0.6) is 0 Å². The lowest BCUT2D eigenvalue weighted by Crippen LogP contribution is -2.43. The maximum Gasteiger partial charge on any atom is 0.241 e. The molecule has 94 valence electrons. The summed E-state index contributed by atoms with van der Waals surface area (Å²) in [5.74, 6) is 1.17. The smallest absolute Gasteiger partial charge is 0.241 e. The first-order valence-corrected chi connectivity index (χ1v) is 7.15. The van der Waals surface area contributed by atoms with Crippen LogP contribution in [0.1, 0.15) is 19.8 Å². The molecular weight excluding hydrogens is 238 g/mol. The van der Waals surface area contributed by atoms with Crippen LogP contribution < -0.4 is 10.0 Å². The molecule has 0 amide bonds. The third-order valence-corrected chi connectivity index (χ3v) is 4.51. The molecule has 0 atom stereocenters. The highest BCUT2D eigenvalue weighted by Crippen LogP contribution is 2.27. The normalized spacial score (nSPS) is 24.1. The lowest BCUT2D eigenvalue weighted by molar-refractivity contribution is 0.270. The standard InChI is InChI=1S/C11H17N3O2S/c1-8-5-9(6-8)14-17(15,16)10-3-4-13-11(7-10)12-2/h3-4,7-9,14H,5-6H2,1-2H3,(H,12,13). The minimum Gasteiger partial charge on any atom is -0.373 e. The summed E-state index contributed by atoms with van der Waals surface area (Å²) >= 11 is 0. The predicted molar refractivity (Wildman–Crippen MR) is 66.3 cm³/mol. The van der Waals surface area contributed by atoms with Crippen molar-refractivity contribution in [3.63, 3.8) is 0 Å². The monoisotopic (exact) mass is 255 g/mol. The van der Waals surface area contributed by atoms with Gasteiger partial charge >= 0.3 is 0 Å². The van der Waals surface area contributed by atoms with Crippen LogP contribution >= 0.6 is 0 Å². The Hall–Kier alpha value is -1.14. The van der Waals surface area contributed by atoms with Gasteiger partial charge in [-0.3, -0.25) is 0 Å². The molecule has 1 aliphatic rings.